The summed E-state index contributed by atoms with van der Waals surface area (Å²) in [4.78, 5) is 15.9. The van der Waals surface area contributed by atoms with Gasteiger partial charge in [-0.15, -0.1) is 11.3 Å². The van der Waals surface area contributed by atoms with Gasteiger partial charge in [0.25, 0.3) is 16.6 Å². The van der Waals surface area contributed by atoms with Crippen molar-refractivity contribution in [2.45, 2.75) is 41.5 Å². The predicted octanol–water partition coefficient (Wildman–Crippen LogP) is -6.53. The van der Waals surface area contributed by atoms with Gasteiger partial charge in [0.1, 0.15) is 10.8 Å². The molecule has 0 saturated carbocycles. The number of aliphatic hydroxyl groups is 1. The minimum atomic E-state index is -3.70. The first kappa shape index (κ1) is 59.7. The SMILES string of the molecule is C.C.C.C.Cc1ccc(S(=O)(=O)OCCO)cc1.O=CO[O-].Oc1ccc(-c2nc3ccccc3s2)cc1.[H-].[I-].[K+].[K+].[K+]. The van der Waals surface area contributed by atoms with Crippen molar-refractivity contribution in [3.63, 3.8) is 0 Å². The molecule has 0 radical (unpaired) electrons. The fourth-order valence-corrected chi connectivity index (χ4v) is 4.39. The van der Waals surface area contributed by atoms with Crippen LogP contribution in [-0.4, -0.2) is 43.3 Å². The minimum Gasteiger partial charge on any atom is -1.00 e. The number of aromatic nitrogens is 1. The van der Waals surface area contributed by atoms with E-state index in [9.17, 15) is 13.5 Å². The van der Waals surface area contributed by atoms with Crippen molar-refractivity contribution in [1.29, 1.82) is 0 Å². The van der Waals surface area contributed by atoms with Crippen molar-refractivity contribution in [3.05, 3.63) is 78.4 Å². The number of aliphatic hydroxyl groups excluding tert-OH is 1. The van der Waals surface area contributed by atoms with Gasteiger partial charge in [-0.1, -0.05) is 59.5 Å². The molecule has 0 atom stereocenters. The Morgan fingerprint density at radius 3 is 1.88 bits per heavy atom. The van der Waals surface area contributed by atoms with Crippen molar-refractivity contribution in [1.82, 2.24) is 4.98 Å². The Morgan fingerprint density at radius 1 is 0.929 bits per heavy atom. The van der Waals surface area contributed by atoms with E-state index >= 15 is 0 Å². The second kappa shape index (κ2) is 33.2. The summed E-state index contributed by atoms with van der Waals surface area (Å²) in [7, 11) is -3.70. The van der Waals surface area contributed by atoms with Crippen LogP contribution in [0.3, 0.4) is 0 Å². The molecule has 4 aromatic rings. The molecule has 2 N–H and O–H groups in total. The molecule has 4 rings (SSSR count). The van der Waals surface area contributed by atoms with Crippen LogP contribution in [0.4, 0.5) is 0 Å². The average molecular weight is 814 g/mol. The number of aryl methyl sites for hydroxylation is 1. The van der Waals surface area contributed by atoms with Gasteiger partial charge in [-0.25, -0.2) is 4.98 Å². The molecule has 0 bridgehead atoms. The zero-order valence-corrected chi connectivity index (χ0v) is 34.6. The third-order valence-corrected chi connectivity index (χ3v) is 6.50. The van der Waals surface area contributed by atoms with E-state index in [0.29, 0.717) is 0 Å². The summed E-state index contributed by atoms with van der Waals surface area (Å²) in [6.07, 6.45) is 0. The number of aromatic hydroxyl groups is 1. The number of thiazole rings is 1. The number of rotatable bonds is 6. The number of nitrogens with zero attached hydrogens (tertiary/aromatic N) is 1. The van der Waals surface area contributed by atoms with Crippen molar-refractivity contribution in [3.8, 4) is 16.3 Å². The number of carbonyl (C=O) groups is 1. The molecule has 0 unspecified atom stereocenters. The van der Waals surface area contributed by atoms with Gasteiger partial charge >= 0.3 is 154 Å². The van der Waals surface area contributed by atoms with E-state index < -0.39 is 10.1 Å². The molecule has 0 amide bonds. The monoisotopic (exact) mass is 813 g/mol. The van der Waals surface area contributed by atoms with Gasteiger partial charge in [0.05, 0.1) is 28.3 Å². The minimum absolute atomic E-state index is 0. The maximum Gasteiger partial charge on any atom is 1.00 e. The zero-order valence-electron chi connectivity index (χ0n) is 22.4. The topological polar surface area (TPSA) is 146 Å². The normalized spacial score (nSPS) is 8.45. The van der Waals surface area contributed by atoms with Crippen LogP contribution >= 0.6 is 11.3 Å². The maximum atomic E-state index is 11.4. The van der Waals surface area contributed by atoms with Gasteiger partial charge in [-0.2, -0.15) is 8.42 Å². The number of phenols is 1. The molecule has 1 aromatic heterocycles. The van der Waals surface area contributed by atoms with Gasteiger partial charge < -0.3 is 45.8 Å². The Morgan fingerprint density at radius 2 is 1.43 bits per heavy atom. The summed E-state index contributed by atoms with van der Waals surface area (Å²) in [6, 6.07) is 21.5. The summed E-state index contributed by atoms with van der Waals surface area (Å²) in [5, 5.41) is 27.1. The van der Waals surface area contributed by atoms with Gasteiger partial charge in [-0.05, 0) is 55.5 Å². The number of halogens is 1. The standard InChI is InChI=1S/C13H9NOS.C9H12O4S.CH2O3.4CH4.HI.3K.H/c15-10-7-5-9(6-8-10)13-14-11-3-1-2-4-12(11)16-13;1-8-2-4-9(5-3-8)14(11,12)13-7-6-10;2-1-4-3;;;;;;;;;/h1-8,15H;2-5,10H,6-7H2,1H3;1,3H;4*1H4;1H;;;;/q;;;;;;;;3*+1;-1/p-2. The van der Waals surface area contributed by atoms with E-state index in [2.05, 4.69) is 20.1 Å². The number of fused-ring (bicyclic) bond motifs is 1. The van der Waals surface area contributed by atoms with E-state index in [4.69, 9.17) is 15.2 Å². The molecule has 42 heavy (non-hydrogen) atoms. The first-order valence-corrected chi connectivity index (χ1v) is 12.0. The number of carbonyl (C=O) groups excluding carboxylic acids is 1. The second-order valence-electron chi connectivity index (χ2n) is 6.54. The molecular weight excluding hydrogens is 775 g/mol. The average Bonchev–Trinajstić information content (AvgIpc) is 3.28. The number of para-hydroxylation sites is 1. The van der Waals surface area contributed by atoms with Gasteiger partial charge in [0, 0.05) is 5.56 Å². The largest absolute Gasteiger partial charge is 1.00 e. The first-order valence-electron chi connectivity index (χ1n) is 9.75. The first-order chi connectivity index (χ1) is 16.3. The molecule has 0 saturated heterocycles. The summed E-state index contributed by atoms with van der Waals surface area (Å²) in [6.45, 7) is 1.16. The van der Waals surface area contributed by atoms with E-state index in [1.165, 1.54) is 16.8 Å². The van der Waals surface area contributed by atoms with E-state index in [1.54, 1.807) is 35.6 Å². The van der Waals surface area contributed by atoms with Crippen LogP contribution in [0.25, 0.3) is 20.8 Å². The van der Waals surface area contributed by atoms with E-state index in [0.717, 1.165) is 21.7 Å². The third kappa shape index (κ3) is 22.0. The van der Waals surface area contributed by atoms with Crippen molar-refractivity contribution in [2.24, 2.45) is 0 Å². The maximum absolute atomic E-state index is 11.4. The molecule has 0 aliphatic heterocycles. The summed E-state index contributed by atoms with van der Waals surface area (Å²) < 4.78 is 28.5. The van der Waals surface area contributed by atoms with E-state index in [1.807, 2.05) is 37.3 Å². The van der Waals surface area contributed by atoms with Gasteiger partial charge in [0.15, 0.2) is 0 Å². The number of hydrogen-bond acceptors (Lipinski definition) is 10. The molecule has 0 spiro atoms. The Hall–Kier alpha value is 2.29. The van der Waals surface area contributed by atoms with Crippen LogP contribution in [-0.2, 0) is 24.0 Å². The Bertz CT molecular complexity index is 1270. The Balaban J connectivity index is -0.0000000715. The summed E-state index contributed by atoms with van der Waals surface area (Å²) in [5.41, 5.74) is 3.04. The number of benzene rings is 3. The van der Waals surface area contributed by atoms with Crippen LogP contribution < -0.4 is 183 Å². The molecule has 0 aliphatic carbocycles. The molecule has 9 nitrogen and oxygen atoms in total. The molecule has 1 heterocycles. The van der Waals surface area contributed by atoms with Crippen molar-refractivity contribution < 1.29 is 217 Å². The fraction of sp³-hybridized carbons (Fsp3) is 0.259. The van der Waals surface area contributed by atoms with E-state index in [-0.39, 0.29) is 240 Å². The van der Waals surface area contributed by atoms with Crippen LogP contribution in [0.2, 0.25) is 0 Å². The molecule has 0 fully saturated rings. The van der Waals surface area contributed by atoms with Crippen molar-refractivity contribution >= 4 is 38.1 Å². The molecule has 15 heteroatoms. The number of phenolic OH excluding ortho intramolecular Hbond substituents is 1. The second-order valence-corrected chi connectivity index (χ2v) is 9.18. The fourth-order valence-electron chi connectivity index (χ4n) is 2.52. The van der Waals surface area contributed by atoms with Gasteiger partial charge in [-0.3, -0.25) is 8.98 Å². The molecular formula is C27H39IK3NO8S2. The quantitative estimate of drug-likeness (QED) is 0.0485. The third-order valence-electron chi connectivity index (χ3n) is 4.09. The van der Waals surface area contributed by atoms with Crippen LogP contribution in [0.15, 0.2) is 77.7 Å². The Kier molecular flexibility index (Phi) is 47.2. The molecule has 3 aromatic carbocycles. The Labute approximate surface area is 401 Å². The predicted molar refractivity (Wildman–Crippen MR) is 153 cm³/mol. The van der Waals surface area contributed by atoms with Gasteiger partial charge in [0.2, 0.25) is 0 Å². The smallest absolute Gasteiger partial charge is 1.00 e. The zero-order chi connectivity index (χ0) is 25.0. The van der Waals surface area contributed by atoms with Crippen molar-refractivity contribution in [2.75, 3.05) is 13.2 Å². The van der Waals surface area contributed by atoms with Crippen LogP contribution in [0, 0.1) is 6.92 Å². The van der Waals surface area contributed by atoms with Crippen LogP contribution in [0.5, 0.6) is 5.75 Å². The summed E-state index contributed by atoms with van der Waals surface area (Å²) in [5.74, 6) is 0.282. The van der Waals surface area contributed by atoms with Crippen LogP contribution in [0.1, 0.15) is 36.7 Å². The summed E-state index contributed by atoms with van der Waals surface area (Å²) >= 11 is 1.66. The molecule has 222 valence electrons. The molecule has 0 aliphatic rings. The number of hydrogen-bond donors (Lipinski definition) is 2.